The molecule has 25 heavy (non-hydrogen) atoms. The van der Waals surface area contributed by atoms with Crippen LogP contribution in [0.5, 0.6) is 0 Å². The lowest BCUT2D eigenvalue weighted by atomic mass is 10.0. The highest BCUT2D eigenvalue weighted by molar-refractivity contribution is 5.15. The van der Waals surface area contributed by atoms with Crippen molar-refractivity contribution in [2.24, 2.45) is 0 Å². The number of unbranched alkanes of at least 4 members (excludes halogenated alkanes) is 14. The van der Waals surface area contributed by atoms with E-state index in [0.717, 1.165) is 24.5 Å². The number of hydrogen-bond acceptors (Lipinski definition) is 4. The largest absolute Gasteiger partial charge is 0.368 e. The summed E-state index contributed by atoms with van der Waals surface area (Å²) in [6, 6.07) is 0. The molecule has 0 fully saturated rings. The molecule has 0 spiro atoms. The first-order valence-electron chi connectivity index (χ1n) is 10.7. The highest BCUT2D eigenvalue weighted by atomic mass is 15.1. The van der Waals surface area contributed by atoms with Gasteiger partial charge in [0, 0.05) is 6.42 Å². The van der Waals surface area contributed by atoms with E-state index in [4.69, 9.17) is 5.73 Å². The van der Waals surface area contributed by atoms with Gasteiger partial charge in [0.2, 0.25) is 5.95 Å². The molecule has 1 aromatic heterocycles. The van der Waals surface area contributed by atoms with Gasteiger partial charge in [-0.15, -0.1) is 0 Å². The first kappa shape index (κ1) is 21.9. The summed E-state index contributed by atoms with van der Waals surface area (Å²) in [7, 11) is 0. The Labute approximate surface area is 155 Å². The van der Waals surface area contributed by atoms with Crippen LogP contribution >= 0.6 is 0 Å². The Hall–Kier alpha value is -1.19. The predicted molar refractivity (Wildman–Crippen MR) is 108 cm³/mol. The average molecular weight is 349 g/mol. The van der Waals surface area contributed by atoms with Gasteiger partial charge in [-0.1, -0.05) is 96.8 Å². The van der Waals surface area contributed by atoms with Gasteiger partial charge in [0.1, 0.15) is 11.6 Å². The van der Waals surface area contributed by atoms with Gasteiger partial charge in [0.15, 0.2) is 0 Å². The van der Waals surface area contributed by atoms with E-state index in [1.54, 1.807) is 0 Å². The van der Waals surface area contributed by atoms with Crippen LogP contribution in [0.2, 0.25) is 0 Å². The molecule has 2 N–H and O–H groups in total. The van der Waals surface area contributed by atoms with Gasteiger partial charge < -0.3 is 5.73 Å². The zero-order valence-corrected chi connectivity index (χ0v) is 16.7. The first-order chi connectivity index (χ1) is 12.2. The number of aryl methyl sites for hydroxylation is 2. The third-order valence-electron chi connectivity index (χ3n) is 4.81. The minimum atomic E-state index is 0.350. The molecule has 0 aromatic carbocycles. The van der Waals surface area contributed by atoms with Crippen LogP contribution in [0.1, 0.15) is 115 Å². The van der Waals surface area contributed by atoms with Crippen molar-refractivity contribution in [3.05, 3.63) is 11.6 Å². The molecular formula is C21H40N4. The number of nitrogens with two attached hydrogens (primary N) is 1. The normalized spacial score (nSPS) is 11.1. The molecule has 1 rings (SSSR count). The molecule has 1 heterocycles. The van der Waals surface area contributed by atoms with Gasteiger partial charge in [-0.05, 0) is 13.3 Å². The van der Waals surface area contributed by atoms with Crippen molar-refractivity contribution in [3.63, 3.8) is 0 Å². The Morgan fingerprint density at radius 2 is 1.04 bits per heavy atom. The van der Waals surface area contributed by atoms with Crippen LogP contribution in [-0.4, -0.2) is 15.0 Å². The average Bonchev–Trinajstić information content (AvgIpc) is 2.57. The Morgan fingerprint density at radius 1 is 0.600 bits per heavy atom. The quantitative estimate of drug-likeness (QED) is 0.362. The topological polar surface area (TPSA) is 64.7 Å². The minimum absolute atomic E-state index is 0.350. The van der Waals surface area contributed by atoms with Gasteiger partial charge in [0.05, 0.1) is 0 Å². The molecule has 0 radical (unpaired) electrons. The number of hydrogen-bond donors (Lipinski definition) is 1. The highest BCUT2D eigenvalue weighted by Crippen LogP contribution is 2.13. The summed E-state index contributed by atoms with van der Waals surface area (Å²) in [5.74, 6) is 1.92. The van der Waals surface area contributed by atoms with E-state index in [-0.39, 0.29) is 0 Å². The lowest BCUT2D eigenvalue weighted by Gasteiger charge is -2.04. The maximum atomic E-state index is 5.65. The molecule has 1 aromatic rings. The Kier molecular flexibility index (Phi) is 13.2. The molecule has 4 heteroatoms. The van der Waals surface area contributed by atoms with Gasteiger partial charge >= 0.3 is 0 Å². The van der Waals surface area contributed by atoms with Crippen LogP contribution in [0, 0.1) is 6.92 Å². The molecule has 144 valence electrons. The summed E-state index contributed by atoms with van der Waals surface area (Å²) in [5.41, 5.74) is 5.65. The minimum Gasteiger partial charge on any atom is -0.368 e. The Morgan fingerprint density at radius 3 is 1.48 bits per heavy atom. The summed E-state index contributed by atoms with van der Waals surface area (Å²) in [5, 5.41) is 0. The molecule has 0 aliphatic carbocycles. The van der Waals surface area contributed by atoms with Crippen molar-refractivity contribution in [2.75, 3.05) is 5.73 Å². The molecule has 0 saturated carbocycles. The van der Waals surface area contributed by atoms with E-state index >= 15 is 0 Å². The number of nitrogens with zero attached hydrogens (tertiary/aromatic N) is 3. The van der Waals surface area contributed by atoms with Gasteiger partial charge in [-0.2, -0.15) is 9.97 Å². The van der Waals surface area contributed by atoms with Crippen molar-refractivity contribution >= 4 is 5.95 Å². The highest BCUT2D eigenvalue weighted by Gasteiger charge is 2.01. The molecule has 0 aliphatic heterocycles. The molecule has 0 amide bonds. The molecule has 0 aliphatic rings. The standard InChI is InChI=1S/C21H40N4/c1-3-4-5-6-7-8-9-10-11-12-13-14-15-16-17-18-20-23-19(2)24-21(22)25-20/h3-18H2,1-2H3,(H2,22,23,24,25). The zero-order chi connectivity index (χ0) is 18.2. The van der Waals surface area contributed by atoms with E-state index < -0.39 is 0 Å². The second-order valence-electron chi connectivity index (χ2n) is 7.36. The van der Waals surface area contributed by atoms with Crippen molar-refractivity contribution in [1.82, 2.24) is 15.0 Å². The second-order valence-corrected chi connectivity index (χ2v) is 7.36. The fourth-order valence-corrected chi connectivity index (χ4v) is 3.33. The first-order valence-corrected chi connectivity index (χ1v) is 10.7. The molecule has 0 saturated heterocycles. The lowest BCUT2D eigenvalue weighted by molar-refractivity contribution is 0.531. The van der Waals surface area contributed by atoms with E-state index in [9.17, 15) is 0 Å². The smallest absolute Gasteiger partial charge is 0.223 e. The van der Waals surface area contributed by atoms with Crippen LogP contribution in [0.3, 0.4) is 0 Å². The number of anilines is 1. The third-order valence-corrected chi connectivity index (χ3v) is 4.81. The Bertz CT molecular complexity index is 414. The lowest BCUT2D eigenvalue weighted by Crippen LogP contribution is -2.04. The number of rotatable bonds is 16. The third kappa shape index (κ3) is 12.8. The van der Waals surface area contributed by atoms with Crippen molar-refractivity contribution < 1.29 is 0 Å². The van der Waals surface area contributed by atoms with Crippen molar-refractivity contribution in [3.8, 4) is 0 Å². The SMILES string of the molecule is CCCCCCCCCCCCCCCCCc1nc(C)nc(N)n1. The fourth-order valence-electron chi connectivity index (χ4n) is 3.33. The van der Waals surface area contributed by atoms with E-state index in [2.05, 4.69) is 21.9 Å². The van der Waals surface area contributed by atoms with Crippen LogP contribution in [0.25, 0.3) is 0 Å². The molecule has 0 unspecified atom stereocenters. The molecular weight excluding hydrogens is 308 g/mol. The monoisotopic (exact) mass is 348 g/mol. The van der Waals surface area contributed by atoms with Crippen molar-refractivity contribution in [1.29, 1.82) is 0 Å². The second kappa shape index (κ2) is 15.1. The maximum Gasteiger partial charge on any atom is 0.223 e. The summed E-state index contributed by atoms with van der Waals surface area (Å²) < 4.78 is 0. The number of aromatic nitrogens is 3. The van der Waals surface area contributed by atoms with Gasteiger partial charge in [-0.3, -0.25) is 0 Å². The van der Waals surface area contributed by atoms with Gasteiger partial charge in [0.25, 0.3) is 0 Å². The number of nitrogen functional groups attached to an aromatic ring is 1. The van der Waals surface area contributed by atoms with Crippen LogP contribution in [0.15, 0.2) is 0 Å². The van der Waals surface area contributed by atoms with E-state index in [1.807, 2.05) is 6.92 Å². The van der Waals surface area contributed by atoms with Crippen LogP contribution in [0.4, 0.5) is 5.95 Å². The van der Waals surface area contributed by atoms with Crippen molar-refractivity contribution in [2.45, 2.75) is 117 Å². The zero-order valence-electron chi connectivity index (χ0n) is 16.7. The summed E-state index contributed by atoms with van der Waals surface area (Å²) in [4.78, 5) is 12.5. The Balaban J connectivity index is 1.81. The van der Waals surface area contributed by atoms with Crippen LogP contribution < -0.4 is 5.73 Å². The van der Waals surface area contributed by atoms with Gasteiger partial charge in [-0.25, -0.2) is 4.98 Å². The fraction of sp³-hybridized carbons (Fsp3) is 0.857. The molecule has 0 atom stereocenters. The maximum absolute atomic E-state index is 5.65. The molecule has 0 bridgehead atoms. The summed E-state index contributed by atoms with van der Waals surface area (Å²) >= 11 is 0. The summed E-state index contributed by atoms with van der Waals surface area (Å²) in [6.07, 6.45) is 21.7. The van der Waals surface area contributed by atoms with E-state index in [1.165, 1.54) is 89.9 Å². The van der Waals surface area contributed by atoms with Crippen LogP contribution in [-0.2, 0) is 6.42 Å². The summed E-state index contributed by atoms with van der Waals surface area (Å²) in [6.45, 7) is 4.15. The van der Waals surface area contributed by atoms with E-state index in [0.29, 0.717) is 5.95 Å². The predicted octanol–water partition coefficient (Wildman–Crippen LogP) is 6.18. The molecule has 4 nitrogen and oxygen atoms in total.